The Bertz CT molecular complexity index is 1400. The lowest BCUT2D eigenvalue weighted by molar-refractivity contribution is -0.122. The second kappa shape index (κ2) is 10.1. The normalized spacial score (nSPS) is 18.2. The number of amidine groups is 1. The van der Waals surface area contributed by atoms with Gasteiger partial charge in [-0.25, -0.2) is 4.99 Å². The fourth-order valence-corrected chi connectivity index (χ4v) is 6.38. The van der Waals surface area contributed by atoms with Gasteiger partial charge in [0.05, 0.1) is 28.6 Å². The number of carbonyl (C=O) groups excluding carboxylic acids is 2. The second-order valence-electron chi connectivity index (χ2n) is 8.26. The molecule has 0 bridgehead atoms. The summed E-state index contributed by atoms with van der Waals surface area (Å²) in [5.74, 6) is -0.624. The molecule has 3 aromatic carbocycles. The summed E-state index contributed by atoms with van der Waals surface area (Å²) in [6, 6.07) is 23.1. The molecule has 1 saturated heterocycles. The van der Waals surface area contributed by atoms with Crippen LogP contribution in [-0.4, -0.2) is 35.5 Å². The second-order valence-corrected chi connectivity index (χ2v) is 10.3. The van der Waals surface area contributed by atoms with Crippen molar-refractivity contribution in [2.45, 2.75) is 18.4 Å². The topological polar surface area (TPSA) is 91.0 Å². The highest BCUT2D eigenvalue weighted by Gasteiger charge is 2.39. The van der Waals surface area contributed by atoms with Crippen molar-refractivity contribution in [1.29, 1.82) is 0 Å². The maximum absolute atomic E-state index is 13.8. The lowest BCUT2D eigenvalue weighted by Gasteiger charge is -2.17. The molecule has 3 aromatic rings. The van der Waals surface area contributed by atoms with Crippen molar-refractivity contribution in [1.82, 2.24) is 4.90 Å². The van der Waals surface area contributed by atoms with E-state index in [-0.39, 0.29) is 5.91 Å². The molecular formula is C27H25N5O2S2. The first-order chi connectivity index (χ1) is 17.5. The molecule has 3 N–H and O–H groups in total. The van der Waals surface area contributed by atoms with Gasteiger partial charge in [0.2, 0.25) is 5.91 Å². The number of benzene rings is 3. The lowest BCUT2D eigenvalue weighted by Crippen LogP contribution is -2.29. The molecule has 0 unspecified atom stereocenters. The summed E-state index contributed by atoms with van der Waals surface area (Å²) in [5, 5.41) is 4.72. The highest BCUT2D eigenvalue weighted by atomic mass is 32.2. The van der Waals surface area contributed by atoms with Crippen LogP contribution in [-0.2, 0) is 11.3 Å². The molecule has 2 aliphatic rings. The molecule has 0 aromatic heterocycles. The highest BCUT2D eigenvalue weighted by molar-refractivity contribution is 8.19. The van der Waals surface area contributed by atoms with Crippen LogP contribution in [0.4, 0.5) is 17.1 Å². The summed E-state index contributed by atoms with van der Waals surface area (Å²) < 4.78 is 0. The smallest absolute Gasteiger partial charge is 0.269 e. The number of hydrogen-bond acceptors (Lipinski definition) is 7. The Morgan fingerprint density at radius 1 is 1.03 bits per heavy atom. The first-order valence-electron chi connectivity index (χ1n) is 11.5. The van der Waals surface area contributed by atoms with Crippen LogP contribution < -0.4 is 16.0 Å². The summed E-state index contributed by atoms with van der Waals surface area (Å²) in [6.45, 7) is 3.06. The molecule has 0 atom stereocenters. The highest BCUT2D eigenvalue weighted by Crippen LogP contribution is 2.50. The average molecular weight is 516 g/mol. The molecule has 7 nitrogen and oxygen atoms in total. The minimum atomic E-state index is -0.527. The van der Waals surface area contributed by atoms with Gasteiger partial charge in [-0.05, 0) is 54.6 Å². The third kappa shape index (κ3) is 4.59. The van der Waals surface area contributed by atoms with Gasteiger partial charge in [0.25, 0.3) is 5.91 Å². The average Bonchev–Trinajstić information content (AvgIpc) is 3.37. The Kier molecular flexibility index (Phi) is 6.75. The van der Waals surface area contributed by atoms with E-state index in [4.69, 9.17) is 10.7 Å². The molecule has 9 heteroatoms. The van der Waals surface area contributed by atoms with E-state index >= 15 is 0 Å². The Morgan fingerprint density at radius 2 is 1.78 bits per heavy atom. The van der Waals surface area contributed by atoms with Crippen LogP contribution in [0.5, 0.6) is 0 Å². The molecule has 182 valence electrons. The number of para-hydroxylation sites is 1. The maximum atomic E-state index is 13.8. The number of nitrogens with two attached hydrogens (primary N) is 1. The number of aliphatic imine (C=N–C) groups is 1. The van der Waals surface area contributed by atoms with Crippen molar-refractivity contribution in [3.05, 3.63) is 93.9 Å². The molecule has 2 aliphatic heterocycles. The van der Waals surface area contributed by atoms with Gasteiger partial charge in [-0.2, -0.15) is 0 Å². The van der Waals surface area contributed by atoms with Gasteiger partial charge >= 0.3 is 0 Å². The molecule has 0 spiro atoms. The first-order valence-corrected chi connectivity index (χ1v) is 13.1. The van der Waals surface area contributed by atoms with Gasteiger partial charge in [-0.1, -0.05) is 54.2 Å². The summed E-state index contributed by atoms with van der Waals surface area (Å²) in [6.07, 6.45) is 0. The SMILES string of the molecule is CCNc1ccc(C(N)=O)cc1N=C1SC(=C2Sc3ccccc3N2C)C(=O)N1Cc1ccccc1. The maximum Gasteiger partial charge on any atom is 0.269 e. The Morgan fingerprint density at radius 3 is 2.50 bits per heavy atom. The van der Waals surface area contributed by atoms with Crippen molar-refractivity contribution >= 4 is 57.6 Å². The van der Waals surface area contributed by atoms with E-state index in [9.17, 15) is 9.59 Å². The number of thioether (sulfide) groups is 2. The molecule has 0 radical (unpaired) electrons. The van der Waals surface area contributed by atoms with Crippen molar-refractivity contribution in [2.24, 2.45) is 10.7 Å². The van der Waals surface area contributed by atoms with E-state index in [0.717, 1.165) is 26.9 Å². The van der Waals surface area contributed by atoms with Gasteiger partial charge in [0.15, 0.2) is 5.17 Å². The van der Waals surface area contributed by atoms with Crippen LogP contribution in [0.3, 0.4) is 0 Å². The van der Waals surface area contributed by atoms with E-state index in [2.05, 4.69) is 22.3 Å². The quantitative estimate of drug-likeness (QED) is 0.428. The fourth-order valence-electron chi connectivity index (χ4n) is 4.04. The van der Waals surface area contributed by atoms with E-state index < -0.39 is 5.91 Å². The molecular weight excluding hydrogens is 490 g/mol. The van der Waals surface area contributed by atoms with Gasteiger partial charge in [0.1, 0.15) is 4.91 Å². The number of hydrogen-bond donors (Lipinski definition) is 2. The van der Waals surface area contributed by atoms with Gasteiger partial charge < -0.3 is 16.0 Å². The first kappa shape index (κ1) is 24.0. The number of nitrogens with one attached hydrogen (secondary N) is 1. The van der Waals surface area contributed by atoms with Crippen LogP contribution in [0.1, 0.15) is 22.8 Å². The molecule has 0 aliphatic carbocycles. The van der Waals surface area contributed by atoms with Gasteiger partial charge in [0, 0.05) is 24.1 Å². The fraction of sp³-hybridized carbons (Fsp3) is 0.148. The van der Waals surface area contributed by atoms with Gasteiger partial charge in [-0.3, -0.25) is 14.5 Å². The predicted molar refractivity (Wildman–Crippen MR) is 149 cm³/mol. The lowest BCUT2D eigenvalue weighted by atomic mass is 10.1. The summed E-state index contributed by atoms with van der Waals surface area (Å²) in [7, 11) is 1.98. The number of amides is 2. The third-order valence-electron chi connectivity index (χ3n) is 5.84. The van der Waals surface area contributed by atoms with Crippen LogP contribution >= 0.6 is 23.5 Å². The molecule has 0 saturated carbocycles. The number of nitrogens with zero attached hydrogens (tertiary/aromatic N) is 3. The van der Waals surface area contributed by atoms with Crippen molar-refractivity contribution in [3.8, 4) is 0 Å². The number of carbonyl (C=O) groups is 2. The molecule has 2 heterocycles. The zero-order valence-electron chi connectivity index (χ0n) is 19.9. The Balaban J connectivity index is 1.60. The molecule has 2 amide bonds. The minimum absolute atomic E-state index is 0.0965. The molecule has 1 fully saturated rings. The van der Waals surface area contributed by atoms with Gasteiger partial charge in [-0.15, -0.1) is 0 Å². The van der Waals surface area contributed by atoms with Crippen LogP contribution in [0.2, 0.25) is 0 Å². The molecule has 5 rings (SSSR count). The summed E-state index contributed by atoms with van der Waals surface area (Å²) in [4.78, 5) is 36.1. The van der Waals surface area contributed by atoms with Crippen LogP contribution in [0.15, 0.2) is 92.6 Å². The Labute approximate surface area is 218 Å². The van der Waals surface area contributed by atoms with E-state index in [1.807, 2.05) is 56.4 Å². The van der Waals surface area contributed by atoms with E-state index in [1.165, 1.54) is 11.8 Å². The number of anilines is 2. The molecule has 36 heavy (non-hydrogen) atoms. The standard InChI is InChI=1S/C27H25N5O2S2/c1-3-29-19-14-13-18(24(28)33)15-20(19)30-27-32(16-17-9-5-4-6-10-17)25(34)23(36-27)26-31(2)21-11-7-8-12-22(21)35-26/h4-15,29H,3,16H2,1-2H3,(H2,28,33). The van der Waals surface area contributed by atoms with E-state index in [1.54, 1.807) is 34.9 Å². The van der Waals surface area contributed by atoms with Crippen LogP contribution in [0, 0.1) is 0 Å². The number of rotatable bonds is 6. The van der Waals surface area contributed by atoms with E-state index in [0.29, 0.717) is 34.4 Å². The van der Waals surface area contributed by atoms with Crippen molar-refractivity contribution in [2.75, 3.05) is 23.8 Å². The van der Waals surface area contributed by atoms with Crippen molar-refractivity contribution in [3.63, 3.8) is 0 Å². The van der Waals surface area contributed by atoms with Crippen molar-refractivity contribution < 1.29 is 9.59 Å². The summed E-state index contributed by atoms with van der Waals surface area (Å²) >= 11 is 2.94. The zero-order chi connectivity index (χ0) is 25.2. The number of primary amides is 1. The summed E-state index contributed by atoms with van der Waals surface area (Å²) in [5.41, 5.74) is 9.29. The third-order valence-corrected chi connectivity index (χ3v) is 8.28. The van der Waals surface area contributed by atoms with Crippen LogP contribution in [0.25, 0.3) is 0 Å². The predicted octanol–water partition coefficient (Wildman–Crippen LogP) is 5.39. The Hall–Kier alpha value is -3.69. The largest absolute Gasteiger partial charge is 0.384 e. The zero-order valence-corrected chi connectivity index (χ0v) is 21.5. The monoisotopic (exact) mass is 515 g/mol. The minimum Gasteiger partial charge on any atom is -0.384 e. The number of fused-ring (bicyclic) bond motifs is 1.